The number of nitrogens with zero attached hydrogens (tertiary/aromatic N) is 4. The van der Waals surface area contributed by atoms with Crippen LogP contribution in [0.25, 0.3) is 0 Å². The van der Waals surface area contributed by atoms with Crippen LogP contribution in [0.3, 0.4) is 0 Å². The van der Waals surface area contributed by atoms with Crippen LogP contribution >= 0.6 is 0 Å². The molecule has 1 aliphatic heterocycles. The van der Waals surface area contributed by atoms with Gasteiger partial charge in [-0.3, -0.25) is 4.79 Å². The molecule has 1 unspecified atom stereocenters. The Labute approximate surface area is 86.5 Å². The molecule has 1 amide bonds. The van der Waals surface area contributed by atoms with Crippen LogP contribution in [-0.2, 0) is 11.3 Å². The molecular formula is C8H13N5O2. The molecule has 0 bridgehead atoms. The number of hydrogen-bond acceptors (Lipinski definition) is 5. The van der Waals surface area contributed by atoms with Crippen molar-refractivity contribution in [3.05, 3.63) is 6.20 Å². The Kier molecular flexibility index (Phi) is 2.55. The van der Waals surface area contributed by atoms with E-state index in [9.17, 15) is 9.90 Å². The highest BCUT2D eigenvalue weighted by Gasteiger charge is 2.24. The molecule has 7 nitrogen and oxygen atoms in total. The van der Waals surface area contributed by atoms with E-state index in [0.29, 0.717) is 25.3 Å². The van der Waals surface area contributed by atoms with Crippen molar-refractivity contribution >= 4 is 11.7 Å². The molecule has 1 saturated heterocycles. The average molecular weight is 211 g/mol. The van der Waals surface area contributed by atoms with Gasteiger partial charge in [0.1, 0.15) is 6.54 Å². The van der Waals surface area contributed by atoms with E-state index in [1.165, 1.54) is 11.0 Å². The molecule has 1 atom stereocenters. The molecule has 3 N–H and O–H groups in total. The zero-order chi connectivity index (χ0) is 10.8. The largest absolute Gasteiger partial charge is 0.391 e. The molecule has 2 rings (SSSR count). The van der Waals surface area contributed by atoms with Crippen molar-refractivity contribution in [3.8, 4) is 0 Å². The highest BCUT2D eigenvalue weighted by atomic mass is 16.3. The summed E-state index contributed by atoms with van der Waals surface area (Å²) in [7, 11) is 0. The first-order chi connectivity index (χ1) is 7.15. The quantitative estimate of drug-likeness (QED) is 0.617. The number of carbonyl (C=O) groups excluding carboxylic acids is 1. The van der Waals surface area contributed by atoms with Gasteiger partial charge in [0.15, 0.2) is 5.82 Å². The van der Waals surface area contributed by atoms with Crippen LogP contribution in [0.1, 0.15) is 6.42 Å². The van der Waals surface area contributed by atoms with Gasteiger partial charge >= 0.3 is 0 Å². The van der Waals surface area contributed by atoms with Crippen LogP contribution in [0.5, 0.6) is 0 Å². The summed E-state index contributed by atoms with van der Waals surface area (Å²) >= 11 is 0. The minimum Gasteiger partial charge on any atom is -0.391 e. The lowest BCUT2D eigenvalue weighted by atomic mass is 10.3. The summed E-state index contributed by atoms with van der Waals surface area (Å²) in [6, 6.07) is 0. The van der Waals surface area contributed by atoms with Gasteiger partial charge in [-0.15, -0.1) is 5.10 Å². The first-order valence-corrected chi connectivity index (χ1v) is 4.76. The van der Waals surface area contributed by atoms with Crippen LogP contribution < -0.4 is 5.73 Å². The van der Waals surface area contributed by atoms with E-state index in [2.05, 4.69) is 10.2 Å². The molecular weight excluding hydrogens is 198 g/mol. The van der Waals surface area contributed by atoms with Crippen LogP contribution in [0.15, 0.2) is 6.20 Å². The van der Waals surface area contributed by atoms with Gasteiger partial charge in [-0.25, -0.2) is 0 Å². The van der Waals surface area contributed by atoms with E-state index in [0.717, 1.165) is 0 Å². The first kappa shape index (κ1) is 9.91. The van der Waals surface area contributed by atoms with Gasteiger partial charge in [-0.05, 0) is 6.42 Å². The molecule has 1 fully saturated rings. The molecule has 0 radical (unpaired) electrons. The number of nitrogens with two attached hydrogens (primary N) is 1. The highest BCUT2D eigenvalue weighted by Crippen LogP contribution is 2.09. The third kappa shape index (κ3) is 2.24. The van der Waals surface area contributed by atoms with Gasteiger partial charge in [0.05, 0.1) is 12.3 Å². The average Bonchev–Trinajstić information content (AvgIpc) is 2.75. The van der Waals surface area contributed by atoms with Crippen molar-refractivity contribution in [2.24, 2.45) is 0 Å². The van der Waals surface area contributed by atoms with Gasteiger partial charge in [0.2, 0.25) is 5.91 Å². The van der Waals surface area contributed by atoms with Gasteiger partial charge in [-0.2, -0.15) is 9.90 Å². The fourth-order valence-electron chi connectivity index (χ4n) is 1.58. The zero-order valence-electron chi connectivity index (χ0n) is 8.20. The van der Waals surface area contributed by atoms with Crippen molar-refractivity contribution in [1.29, 1.82) is 0 Å². The molecule has 2 heterocycles. The molecule has 1 aromatic heterocycles. The topological polar surface area (TPSA) is 97.3 Å². The van der Waals surface area contributed by atoms with E-state index in [4.69, 9.17) is 5.73 Å². The third-order valence-corrected chi connectivity index (χ3v) is 2.35. The van der Waals surface area contributed by atoms with Crippen LogP contribution in [-0.4, -0.2) is 50.1 Å². The summed E-state index contributed by atoms with van der Waals surface area (Å²) in [4.78, 5) is 14.5. The Bertz CT molecular complexity index is 364. The first-order valence-electron chi connectivity index (χ1n) is 4.76. The number of hydrogen-bond donors (Lipinski definition) is 2. The predicted octanol–water partition coefficient (Wildman–Crippen LogP) is -1.55. The molecule has 1 aliphatic rings. The van der Waals surface area contributed by atoms with E-state index >= 15 is 0 Å². The molecule has 0 spiro atoms. The van der Waals surface area contributed by atoms with Gasteiger partial charge in [0, 0.05) is 13.1 Å². The lowest BCUT2D eigenvalue weighted by Crippen LogP contribution is -2.33. The van der Waals surface area contributed by atoms with Crippen LogP contribution in [0, 0.1) is 0 Å². The van der Waals surface area contributed by atoms with Crippen molar-refractivity contribution < 1.29 is 9.90 Å². The minimum absolute atomic E-state index is 0.0733. The SMILES string of the molecule is Nc1cnn(CC(=O)N2CCC(O)C2)n1. The number of nitrogen functional groups attached to an aromatic ring is 1. The lowest BCUT2D eigenvalue weighted by Gasteiger charge is -2.14. The molecule has 15 heavy (non-hydrogen) atoms. The molecule has 82 valence electrons. The number of β-amino-alcohol motifs (C(OH)–C–C–N with tert-alkyl or cyclic N) is 1. The van der Waals surface area contributed by atoms with Crippen molar-refractivity contribution in [2.45, 2.75) is 19.1 Å². The van der Waals surface area contributed by atoms with Gasteiger partial charge < -0.3 is 15.7 Å². The smallest absolute Gasteiger partial charge is 0.246 e. The monoisotopic (exact) mass is 211 g/mol. The van der Waals surface area contributed by atoms with E-state index in [-0.39, 0.29) is 12.5 Å². The maximum absolute atomic E-state index is 11.6. The fourth-order valence-corrected chi connectivity index (χ4v) is 1.58. The number of anilines is 1. The number of likely N-dealkylation sites (tertiary alicyclic amines) is 1. The number of amides is 1. The second kappa shape index (κ2) is 3.85. The van der Waals surface area contributed by atoms with Crippen molar-refractivity contribution in [2.75, 3.05) is 18.8 Å². The number of aliphatic hydroxyl groups is 1. The molecule has 0 aromatic carbocycles. The number of carbonyl (C=O) groups is 1. The summed E-state index contributed by atoms with van der Waals surface area (Å²) in [5.74, 6) is 0.200. The predicted molar refractivity (Wildman–Crippen MR) is 51.6 cm³/mol. The van der Waals surface area contributed by atoms with Crippen molar-refractivity contribution in [1.82, 2.24) is 19.9 Å². The Balaban J connectivity index is 1.92. The lowest BCUT2D eigenvalue weighted by molar-refractivity contribution is -0.131. The number of aromatic nitrogens is 3. The second-order valence-electron chi connectivity index (χ2n) is 3.58. The zero-order valence-corrected chi connectivity index (χ0v) is 8.20. The maximum Gasteiger partial charge on any atom is 0.246 e. The summed E-state index contributed by atoms with van der Waals surface area (Å²) < 4.78 is 0. The van der Waals surface area contributed by atoms with Crippen LogP contribution in [0.4, 0.5) is 5.82 Å². The summed E-state index contributed by atoms with van der Waals surface area (Å²) in [5, 5.41) is 16.9. The standard InChI is InChI=1S/C8H13N5O2/c9-7-3-10-13(11-7)5-8(15)12-2-1-6(14)4-12/h3,6,14H,1-2,4-5H2,(H2,9,11). The molecule has 7 heteroatoms. The highest BCUT2D eigenvalue weighted by molar-refractivity contribution is 5.76. The van der Waals surface area contributed by atoms with E-state index < -0.39 is 6.10 Å². The van der Waals surface area contributed by atoms with Crippen LogP contribution in [0.2, 0.25) is 0 Å². The number of rotatable bonds is 2. The van der Waals surface area contributed by atoms with Crippen molar-refractivity contribution in [3.63, 3.8) is 0 Å². The second-order valence-corrected chi connectivity index (χ2v) is 3.58. The Morgan fingerprint density at radius 3 is 3.07 bits per heavy atom. The summed E-state index contributed by atoms with van der Waals surface area (Å²) in [5.41, 5.74) is 5.37. The van der Waals surface area contributed by atoms with E-state index in [1.807, 2.05) is 0 Å². The Hall–Kier alpha value is -1.63. The number of aliphatic hydroxyl groups excluding tert-OH is 1. The Morgan fingerprint density at radius 1 is 1.73 bits per heavy atom. The Morgan fingerprint density at radius 2 is 2.53 bits per heavy atom. The minimum atomic E-state index is -0.399. The van der Waals surface area contributed by atoms with E-state index in [1.54, 1.807) is 4.90 Å². The third-order valence-electron chi connectivity index (χ3n) is 2.35. The normalized spacial score (nSPS) is 20.9. The fraction of sp³-hybridized carbons (Fsp3) is 0.625. The summed E-state index contributed by atoms with van der Waals surface area (Å²) in [6.07, 6.45) is 1.64. The van der Waals surface area contributed by atoms with Gasteiger partial charge in [-0.1, -0.05) is 0 Å². The molecule has 1 aromatic rings. The summed E-state index contributed by atoms with van der Waals surface area (Å²) in [6.45, 7) is 1.07. The van der Waals surface area contributed by atoms with Gasteiger partial charge in [0.25, 0.3) is 0 Å². The maximum atomic E-state index is 11.6. The molecule has 0 saturated carbocycles. The molecule has 0 aliphatic carbocycles.